The van der Waals surface area contributed by atoms with Crippen LogP contribution < -0.4 is 5.32 Å². The summed E-state index contributed by atoms with van der Waals surface area (Å²) in [6, 6.07) is 10.7. The molecule has 0 saturated heterocycles. The Morgan fingerprint density at radius 1 is 1.05 bits per heavy atom. The Hall–Kier alpha value is -2.34. The number of benzene rings is 2. The Labute approximate surface area is 123 Å². The molecule has 0 bridgehead atoms. The number of halogens is 1. The van der Waals surface area contributed by atoms with Crippen LogP contribution in [0.15, 0.2) is 46.9 Å². The third kappa shape index (κ3) is 2.97. The smallest absolute Gasteiger partial charge is 0.339 e. The number of hydrogen-bond donors (Lipinski definition) is 3. The number of anilines is 1. The highest BCUT2D eigenvalue weighted by atomic mass is 79.9. The molecule has 0 radical (unpaired) electrons. The summed E-state index contributed by atoms with van der Waals surface area (Å²) < 4.78 is 0.634. The van der Waals surface area contributed by atoms with Gasteiger partial charge in [0.05, 0.1) is 5.56 Å². The second-order valence-electron chi connectivity index (χ2n) is 3.97. The number of carboxylic acids is 1. The predicted octanol–water partition coefficient (Wildman–Crippen LogP) is 3.11. The van der Waals surface area contributed by atoms with E-state index in [9.17, 15) is 14.7 Å². The second-order valence-corrected chi connectivity index (χ2v) is 4.83. The molecule has 20 heavy (non-hydrogen) atoms. The van der Waals surface area contributed by atoms with Crippen LogP contribution in [0.5, 0.6) is 5.75 Å². The van der Waals surface area contributed by atoms with E-state index < -0.39 is 5.97 Å². The van der Waals surface area contributed by atoms with Crippen molar-refractivity contribution < 1.29 is 19.8 Å². The van der Waals surface area contributed by atoms with Gasteiger partial charge in [-0.15, -0.1) is 0 Å². The van der Waals surface area contributed by atoms with Crippen molar-refractivity contribution in [1.29, 1.82) is 0 Å². The van der Waals surface area contributed by atoms with E-state index in [2.05, 4.69) is 21.2 Å². The molecule has 0 spiro atoms. The first-order valence-electron chi connectivity index (χ1n) is 5.61. The van der Waals surface area contributed by atoms with Gasteiger partial charge >= 0.3 is 5.97 Å². The van der Waals surface area contributed by atoms with E-state index in [4.69, 9.17) is 5.11 Å². The van der Waals surface area contributed by atoms with Crippen molar-refractivity contribution in [3.8, 4) is 5.75 Å². The number of phenols is 1. The van der Waals surface area contributed by atoms with Gasteiger partial charge in [-0.2, -0.15) is 0 Å². The molecule has 5 nitrogen and oxygen atoms in total. The molecule has 0 aliphatic carbocycles. The van der Waals surface area contributed by atoms with Crippen LogP contribution in [0.4, 0.5) is 5.69 Å². The Kier molecular flexibility index (Phi) is 4.05. The summed E-state index contributed by atoms with van der Waals surface area (Å²) >= 11 is 3.26. The van der Waals surface area contributed by atoms with E-state index in [0.29, 0.717) is 15.7 Å². The summed E-state index contributed by atoms with van der Waals surface area (Å²) in [5.74, 6) is -1.99. The Balaban J connectivity index is 2.27. The SMILES string of the molecule is O=C(O)c1cc(NC(=O)c2ccccc2Br)ccc1O. The van der Waals surface area contributed by atoms with Crippen LogP contribution in [0.3, 0.4) is 0 Å². The lowest BCUT2D eigenvalue weighted by atomic mass is 10.1. The van der Waals surface area contributed by atoms with Crippen molar-refractivity contribution in [2.75, 3.05) is 5.32 Å². The van der Waals surface area contributed by atoms with Gasteiger partial charge in [0.2, 0.25) is 0 Å². The lowest BCUT2D eigenvalue weighted by Gasteiger charge is -2.08. The monoisotopic (exact) mass is 335 g/mol. The number of hydrogen-bond acceptors (Lipinski definition) is 3. The van der Waals surface area contributed by atoms with Crippen molar-refractivity contribution in [1.82, 2.24) is 0 Å². The highest BCUT2D eigenvalue weighted by Gasteiger charge is 2.13. The zero-order chi connectivity index (χ0) is 14.7. The zero-order valence-electron chi connectivity index (χ0n) is 10.1. The first-order chi connectivity index (χ1) is 9.49. The summed E-state index contributed by atoms with van der Waals surface area (Å²) in [6.45, 7) is 0. The highest BCUT2D eigenvalue weighted by molar-refractivity contribution is 9.10. The van der Waals surface area contributed by atoms with Gasteiger partial charge in [-0.25, -0.2) is 4.79 Å². The van der Waals surface area contributed by atoms with Gasteiger partial charge in [0.25, 0.3) is 5.91 Å². The fourth-order valence-corrected chi connectivity index (χ4v) is 2.09. The van der Waals surface area contributed by atoms with Crippen LogP contribution in [-0.2, 0) is 0 Å². The average molecular weight is 336 g/mol. The highest BCUT2D eigenvalue weighted by Crippen LogP contribution is 2.23. The van der Waals surface area contributed by atoms with Crippen LogP contribution in [-0.4, -0.2) is 22.1 Å². The third-order valence-corrected chi connectivity index (χ3v) is 3.29. The Morgan fingerprint density at radius 3 is 2.40 bits per heavy atom. The maximum Gasteiger partial charge on any atom is 0.339 e. The number of aromatic carboxylic acids is 1. The number of carbonyl (C=O) groups excluding carboxylic acids is 1. The first-order valence-corrected chi connectivity index (χ1v) is 6.40. The summed E-state index contributed by atoms with van der Waals surface area (Å²) in [5.41, 5.74) is 0.452. The van der Waals surface area contributed by atoms with Crippen LogP contribution in [0.2, 0.25) is 0 Å². The van der Waals surface area contributed by atoms with E-state index in [-0.39, 0.29) is 17.2 Å². The van der Waals surface area contributed by atoms with Crippen molar-refractivity contribution in [2.24, 2.45) is 0 Å². The minimum absolute atomic E-state index is 0.269. The second kappa shape index (κ2) is 5.75. The van der Waals surface area contributed by atoms with Crippen LogP contribution >= 0.6 is 15.9 Å². The molecule has 0 fully saturated rings. The van der Waals surface area contributed by atoms with Gasteiger partial charge in [-0.3, -0.25) is 4.79 Å². The molecule has 1 amide bonds. The maximum absolute atomic E-state index is 12.0. The summed E-state index contributed by atoms with van der Waals surface area (Å²) in [6.07, 6.45) is 0. The van der Waals surface area contributed by atoms with Crippen LogP contribution in [0.25, 0.3) is 0 Å². The topological polar surface area (TPSA) is 86.6 Å². The van der Waals surface area contributed by atoms with E-state index in [1.807, 2.05) is 0 Å². The molecular weight excluding hydrogens is 326 g/mol. The summed E-state index contributed by atoms with van der Waals surface area (Å²) in [5, 5.41) is 20.9. The zero-order valence-corrected chi connectivity index (χ0v) is 11.7. The summed E-state index contributed by atoms with van der Waals surface area (Å²) in [7, 11) is 0. The molecule has 0 aromatic heterocycles. The third-order valence-electron chi connectivity index (χ3n) is 2.60. The van der Waals surface area contributed by atoms with E-state index in [1.165, 1.54) is 18.2 Å². The number of aromatic hydroxyl groups is 1. The Bertz CT molecular complexity index is 685. The lowest BCUT2D eigenvalue weighted by molar-refractivity contribution is 0.0693. The average Bonchev–Trinajstić information content (AvgIpc) is 2.41. The van der Waals surface area contributed by atoms with E-state index in [1.54, 1.807) is 24.3 Å². The number of rotatable bonds is 3. The molecular formula is C14H10BrNO4. The normalized spacial score (nSPS) is 10.1. The van der Waals surface area contributed by atoms with Gasteiger partial charge in [0, 0.05) is 10.2 Å². The minimum Gasteiger partial charge on any atom is -0.507 e. The van der Waals surface area contributed by atoms with Crippen molar-refractivity contribution in [3.05, 3.63) is 58.1 Å². The largest absolute Gasteiger partial charge is 0.507 e. The fourth-order valence-electron chi connectivity index (χ4n) is 1.63. The quantitative estimate of drug-likeness (QED) is 0.752. The molecule has 2 aromatic rings. The molecule has 0 heterocycles. The molecule has 0 atom stereocenters. The molecule has 2 aromatic carbocycles. The maximum atomic E-state index is 12.0. The van der Waals surface area contributed by atoms with Gasteiger partial charge in [-0.1, -0.05) is 12.1 Å². The standard InChI is InChI=1S/C14H10BrNO4/c15-11-4-2-1-3-9(11)13(18)16-8-5-6-12(17)10(7-8)14(19)20/h1-7,17H,(H,16,18)(H,19,20). The van der Waals surface area contributed by atoms with Crippen LogP contribution in [0.1, 0.15) is 20.7 Å². The molecule has 2 rings (SSSR count). The minimum atomic E-state index is -1.26. The van der Waals surface area contributed by atoms with Crippen molar-refractivity contribution in [3.63, 3.8) is 0 Å². The number of carboxylic acid groups (broad SMARTS) is 1. The van der Waals surface area contributed by atoms with Crippen LogP contribution in [0, 0.1) is 0 Å². The summed E-state index contributed by atoms with van der Waals surface area (Å²) in [4.78, 5) is 23.0. The van der Waals surface area contributed by atoms with Crippen molar-refractivity contribution >= 4 is 33.5 Å². The van der Waals surface area contributed by atoms with E-state index >= 15 is 0 Å². The van der Waals surface area contributed by atoms with Gasteiger partial charge in [0.1, 0.15) is 11.3 Å². The van der Waals surface area contributed by atoms with E-state index in [0.717, 1.165) is 0 Å². The predicted molar refractivity (Wildman–Crippen MR) is 77.2 cm³/mol. The fraction of sp³-hybridized carbons (Fsp3) is 0. The molecule has 102 valence electrons. The number of amides is 1. The molecule has 0 aliphatic rings. The molecule has 0 aliphatic heterocycles. The lowest BCUT2D eigenvalue weighted by Crippen LogP contribution is -2.13. The first kappa shape index (κ1) is 14.1. The molecule has 0 saturated carbocycles. The number of carbonyl (C=O) groups is 2. The Morgan fingerprint density at radius 2 is 1.75 bits per heavy atom. The van der Waals surface area contributed by atoms with Gasteiger partial charge in [0.15, 0.2) is 0 Å². The molecule has 3 N–H and O–H groups in total. The van der Waals surface area contributed by atoms with Gasteiger partial charge in [-0.05, 0) is 46.3 Å². The van der Waals surface area contributed by atoms with Crippen molar-refractivity contribution in [2.45, 2.75) is 0 Å². The van der Waals surface area contributed by atoms with Gasteiger partial charge < -0.3 is 15.5 Å². The molecule has 0 unspecified atom stereocenters. The molecule has 6 heteroatoms. The number of nitrogens with one attached hydrogen (secondary N) is 1.